The van der Waals surface area contributed by atoms with Crippen LogP contribution in [0.4, 0.5) is 0 Å². The van der Waals surface area contributed by atoms with Crippen LogP contribution in [0.2, 0.25) is 0 Å². The third-order valence-electron chi connectivity index (χ3n) is 2.30. The molecule has 0 spiro atoms. The highest BCUT2D eigenvalue weighted by atomic mass is 16.6. The van der Waals surface area contributed by atoms with Crippen molar-refractivity contribution >= 4 is 11.9 Å². The van der Waals surface area contributed by atoms with Gasteiger partial charge in [0.25, 0.3) is 0 Å². The predicted octanol–water partition coefficient (Wildman–Crippen LogP) is -2.18. The molecule has 0 aromatic carbocycles. The molecule has 0 aromatic rings. The van der Waals surface area contributed by atoms with Crippen LogP contribution in [0.25, 0.3) is 0 Å². The maximum absolute atomic E-state index is 11.5. The smallest absolute Gasteiger partial charge is 0.339 e. The molecule has 8 nitrogen and oxygen atoms in total. The lowest BCUT2D eigenvalue weighted by Gasteiger charge is -2.26. The first-order chi connectivity index (χ1) is 9.34. The average Bonchev–Trinajstić information content (AvgIpc) is 2.41. The summed E-state index contributed by atoms with van der Waals surface area (Å²) in [7, 11) is 1.11. The van der Waals surface area contributed by atoms with E-state index in [0.29, 0.717) is 0 Å². The summed E-state index contributed by atoms with van der Waals surface area (Å²) in [6.07, 6.45) is -1.79. The van der Waals surface area contributed by atoms with Crippen LogP contribution in [0, 0.1) is 12.3 Å². The molecule has 0 aliphatic heterocycles. The zero-order valence-electron chi connectivity index (χ0n) is 11.2. The summed E-state index contributed by atoms with van der Waals surface area (Å²) in [5.74, 6) is 0.398. The van der Waals surface area contributed by atoms with E-state index in [1.165, 1.54) is 0 Å². The maximum Gasteiger partial charge on any atom is 0.339 e. The highest BCUT2D eigenvalue weighted by Gasteiger charge is 2.37. The number of carbonyl (C=O) groups excluding carboxylic acids is 2. The molecule has 0 aromatic heterocycles. The van der Waals surface area contributed by atoms with Gasteiger partial charge in [-0.15, -0.1) is 6.42 Å². The van der Waals surface area contributed by atoms with Gasteiger partial charge in [0.05, 0.1) is 0 Å². The summed E-state index contributed by atoms with van der Waals surface area (Å²) in [6, 6.07) is 0. The molecular formula is C12H18O8. The fourth-order valence-corrected chi connectivity index (χ4v) is 1.28. The van der Waals surface area contributed by atoms with Crippen molar-refractivity contribution < 1.29 is 39.1 Å². The Balaban J connectivity index is 4.57. The van der Waals surface area contributed by atoms with Gasteiger partial charge >= 0.3 is 11.9 Å². The fourth-order valence-electron chi connectivity index (χ4n) is 1.28. The summed E-state index contributed by atoms with van der Waals surface area (Å²) in [4.78, 5) is 22.0. The Labute approximate surface area is 116 Å². The molecule has 0 heterocycles. The normalized spacial score (nSPS) is 16.4. The Hall–Kier alpha value is -1.66. The van der Waals surface area contributed by atoms with Crippen LogP contribution in [0.5, 0.6) is 0 Å². The van der Waals surface area contributed by atoms with E-state index in [1.807, 2.05) is 0 Å². The van der Waals surface area contributed by atoms with Gasteiger partial charge in [0.15, 0.2) is 12.7 Å². The quantitative estimate of drug-likeness (QED) is 0.341. The summed E-state index contributed by atoms with van der Waals surface area (Å²) >= 11 is 0. The molecule has 0 bridgehead atoms. The second-order valence-corrected chi connectivity index (χ2v) is 3.82. The minimum Gasteiger partial charge on any atom is -0.463 e. The average molecular weight is 290 g/mol. The van der Waals surface area contributed by atoms with Gasteiger partial charge in [0, 0.05) is 14.0 Å². The molecular weight excluding hydrogens is 272 g/mol. The van der Waals surface area contributed by atoms with Gasteiger partial charge in [-0.3, -0.25) is 4.79 Å². The maximum atomic E-state index is 11.5. The zero-order valence-corrected chi connectivity index (χ0v) is 11.2. The van der Waals surface area contributed by atoms with Crippen LogP contribution in [0.3, 0.4) is 0 Å². The first-order valence-corrected chi connectivity index (χ1v) is 5.65. The Morgan fingerprint density at radius 1 is 1.20 bits per heavy atom. The number of hydrogen-bond acceptors (Lipinski definition) is 8. The van der Waals surface area contributed by atoms with Crippen molar-refractivity contribution in [1.29, 1.82) is 0 Å². The SMILES string of the molecule is C#CCOC(=O)C(OC)C(O)C(O)C(O)COC(C)=O. The molecule has 0 fully saturated rings. The van der Waals surface area contributed by atoms with Crippen LogP contribution in [-0.4, -0.2) is 72.0 Å². The second kappa shape index (κ2) is 9.28. The Morgan fingerprint density at radius 3 is 2.25 bits per heavy atom. The molecule has 0 aliphatic rings. The third kappa shape index (κ3) is 5.99. The molecule has 0 saturated carbocycles. The number of aliphatic hydroxyl groups is 3. The van der Waals surface area contributed by atoms with Gasteiger partial charge in [-0.05, 0) is 0 Å². The van der Waals surface area contributed by atoms with Crippen molar-refractivity contribution in [2.45, 2.75) is 31.3 Å². The number of rotatable bonds is 8. The van der Waals surface area contributed by atoms with Crippen LogP contribution < -0.4 is 0 Å². The standard InChI is InChI=1S/C12H18O8/c1-4-5-19-12(17)11(18-3)10(16)9(15)8(14)6-20-7(2)13/h1,8-11,14-16H,5-6H2,2-3H3. The van der Waals surface area contributed by atoms with Crippen molar-refractivity contribution in [1.82, 2.24) is 0 Å². The van der Waals surface area contributed by atoms with Gasteiger partial charge in [0.1, 0.15) is 24.9 Å². The van der Waals surface area contributed by atoms with Crippen molar-refractivity contribution in [3.05, 3.63) is 0 Å². The minimum atomic E-state index is -1.78. The van der Waals surface area contributed by atoms with Gasteiger partial charge in [-0.25, -0.2) is 4.79 Å². The van der Waals surface area contributed by atoms with E-state index in [-0.39, 0.29) is 6.61 Å². The largest absolute Gasteiger partial charge is 0.463 e. The number of hydrogen-bond donors (Lipinski definition) is 3. The predicted molar refractivity (Wildman–Crippen MR) is 65.2 cm³/mol. The number of carbonyl (C=O) groups is 2. The van der Waals surface area contributed by atoms with E-state index < -0.39 is 43.0 Å². The highest BCUT2D eigenvalue weighted by Crippen LogP contribution is 2.10. The Bertz CT molecular complexity index is 361. The lowest BCUT2D eigenvalue weighted by atomic mass is 10.0. The zero-order chi connectivity index (χ0) is 15.7. The summed E-state index contributed by atoms with van der Waals surface area (Å²) in [5.41, 5.74) is 0. The van der Waals surface area contributed by atoms with Gasteiger partial charge in [-0.1, -0.05) is 5.92 Å². The van der Waals surface area contributed by atoms with Crippen molar-refractivity contribution in [3.8, 4) is 12.3 Å². The molecule has 3 N–H and O–H groups in total. The van der Waals surface area contributed by atoms with Crippen molar-refractivity contribution in [3.63, 3.8) is 0 Å². The minimum absolute atomic E-state index is 0.322. The summed E-state index contributed by atoms with van der Waals surface area (Å²) in [6.45, 7) is 0.256. The molecule has 20 heavy (non-hydrogen) atoms. The highest BCUT2D eigenvalue weighted by molar-refractivity contribution is 5.75. The van der Waals surface area contributed by atoms with Crippen LogP contribution in [0.15, 0.2) is 0 Å². The Kier molecular flexibility index (Phi) is 8.51. The number of esters is 2. The summed E-state index contributed by atoms with van der Waals surface area (Å²) < 4.78 is 13.7. The molecule has 0 amide bonds. The first-order valence-electron chi connectivity index (χ1n) is 5.65. The van der Waals surface area contributed by atoms with Crippen molar-refractivity contribution in [2.75, 3.05) is 20.3 Å². The fraction of sp³-hybridized carbons (Fsp3) is 0.667. The lowest BCUT2D eigenvalue weighted by molar-refractivity contribution is -0.175. The van der Waals surface area contributed by atoms with E-state index in [0.717, 1.165) is 14.0 Å². The van der Waals surface area contributed by atoms with Gasteiger partial charge < -0.3 is 29.5 Å². The number of aliphatic hydroxyl groups excluding tert-OH is 3. The van der Waals surface area contributed by atoms with E-state index in [1.54, 1.807) is 0 Å². The van der Waals surface area contributed by atoms with E-state index in [4.69, 9.17) is 11.2 Å². The lowest BCUT2D eigenvalue weighted by Crippen LogP contribution is -2.50. The molecule has 0 saturated heterocycles. The van der Waals surface area contributed by atoms with Crippen LogP contribution in [0.1, 0.15) is 6.92 Å². The van der Waals surface area contributed by atoms with Crippen LogP contribution >= 0.6 is 0 Å². The monoisotopic (exact) mass is 290 g/mol. The molecule has 0 rings (SSSR count). The van der Waals surface area contributed by atoms with Gasteiger partial charge in [0.2, 0.25) is 0 Å². The van der Waals surface area contributed by atoms with E-state index in [9.17, 15) is 24.9 Å². The van der Waals surface area contributed by atoms with E-state index in [2.05, 4.69) is 15.4 Å². The topological polar surface area (TPSA) is 123 Å². The molecule has 4 atom stereocenters. The molecule has 4 unspecified atom stereocenters. The molecule has 8 heteroatoms. The number of methoxy groups -OCH3 is 1. The molecule has 0 radical (unpaired) electrons. The summed E-state index contributed by atoms with van der Waals surface area (Å²) in [5, 5.41) is 28.9. The third-order valence-corrected chi connectivity index (χ3v) is 2.30. The van der Waals surface area contributed by atoms with Crippen molar-refractivity contribution in [2.24, 2.45) is 0 Å². The second-order valence-electron chi connectivity index (χ2n) is 3.82. The van der Waals surface area contributed by atoms with Gasteiger partial charge in [-0.2, -0.15) is 0 Å². The number of terminal acetylenes is 1. The molecule has 0 aliphatic carbocycles. The Morgan fingerprint density at radius 2 is 1.80 bits per heavy atom. The molecule has 114 valence electrons. The number of ether oxygens (including phenoxy) is 3. The van der Waals surface area contributed by atoms with E-state index >= 15 is 0 Å². The first kappa shape index (κ1) is 18.3. The van der Waals surface area contributed by atoms with Crippen LogP contribution in [-0.2, 0) is 23.8 Å².